The lowest BCUT2D eigenvalue weighted by Crippen LogP contribution is -2.68. The molecule has 6 nitrogen and oxygen atoms in total. The Bertz CT molecular complexity index is 581. The van der Waals surface area contributed by atoms with E-state index in [1.807, 2.05) is 24.3 Å². The van der Waals surface area contributed by atoms with Crippen LogP contribution in [0.1, 0.15) is 6.92 Å². The zero-order chi connectivity index (χ0) is 15.2. The van der Waals surface area contributed by atoms with Crippen molar-refractivity contribution in [1.82, 2.24) is 0 Å². The molecule has 2 aromatic rings. The maximum Gasteiger partial charge on any atom is 0.239 e. The molecule has 8 heteroatoms. The van der Waals surface area contributed by atoms with Crippen molar-refractivity contribution in [3.8, 4) is 0 Å². The van der Waals surface area contributed by atoms with E-state index in [2.05, 4.69) is 17.1 Å². The number of ketones is 1. The maximum absolute atomic E-state index is 10.8. The third-order valence-electron chi connectivity index (χ3n) is 2.06. The number of H-pyrrole nitrogens is 1. The summed E-state index contributed by atoms with van der Waals surface area (Å²) in [5, 5.41) is 2.22. The second-order valence-corrected chi connectivity index (χ2v) is 5.55. The SMILES string of the molecule is CC(=O)CSc1ccc2ccccc2[nH+]1.[O-][Cl+3]([O-])([O-])[O-]. The van der Waals surface area contributed by atoms with Crippen LogP contribution in [0.4, 0.5) is 0 Å². The highest BCUT2D eigenvalue weighted by Crippen LogP contribution is 2.15. The third kappa shape index (κ3) is 7.39. The van der Waals surface area contributed by atoms with Gasteiger partial charge in [0.2, 0.25) is 10.5 Å². The molecule has 0 saturated carbocycles. The van der Waals surface area contributed by atoms with Crippen LogP contribution in [0.3, 0.4) is 0 Å². The van der Waals surface area contributed by atoms with Crippen LogP contribution in [0.15, 0.2) is 41.4 Å². The van der Waals surface area contributed by atoms with E-state index in [4.69, 9.17) is 18.6 Å². The molecule has 0 aliphatic rings. The standard InChI is InChI=1S/C12H11NOS.ClHO4/c1-9(14)8-15-12-7-6-10-4-2-3-5-11(10)13-12;2-1(3,4)5/h2-7H,8H2,1H3;(H,2,3,4,5). The Morgan fingerprint density at radius 2 is 1.75 bits per heavy atom. The third-order valence-corrected chi connectivity index (χ3v) is 3.16. The molecule has 1 aromatic heterocycles. The van der Waals surface area contributed by atoms with Crippen LogP contribution in [0.5, 0.6) is 0 Å². The minimum Gasteiger partial charge on any atom is -0.299 e. The van der Waals surface area contributed by atoms with Crippen LogP contribution in [-0.2, 0) is 4.79 Å². The summed E-state index contributed by atoms with van der Waals surface area (Å²) < 4.78 is 34.0. The van der Waals surface area contributed by atoms with Crippen molar-refractivity contribution in [2.75, 3.05) is 5.75 Å². The van der Waals surface area contributed by atoms with Gasteiger partial charge in [-0.05, 0) is 30.8 Å². The van der Waals surface area contributed by atoms with Gasteiger partial charge in [0.15, 0.2) is 0 Å². The summed E-state index contributed by atoms with van der Waals surface area (Å²) in [6.07, 6.45) is 0. The fraction of sp³-hybridized carbons (Fsp3) is 0.167. The van der Waals surface area contributed by atoms with Crippen molar-refractivity contribution in [2.45, 2.75) is 11.9 Å². The first-order chi connectivity index (χ1) is 9.25. The average molecular weight is 318 g/mol. The number of benzene rings is 1. The lowest BCUT2D eigenvalue weighted by Gasteiger charge is -2.17. The van der Waals surface area contributed by atoms with Crippen LogP contribution in [0.2, 0.25) is 0 Å². The largest absolute Gasteiger partial charge is 0.299 e. The van der Waals surface area contributed by atoms with E-state index in [9.17, 15) is 4.79 Å². The van der Waals surface area contributed by atoms with Crippen molar-refractivity contribution in [3.63, 3.8) is 0 Å². The van der Waals surface area contributed by atoms with Gasteiger partial charge in [-0.3, -0.25) is 4.79 Å². The molecule has 20 heavy (non-hydrogen) atoms. The Hall–Kier alpha value is -1.22. The minimum absolute atomic E-state index is 0.196. The van der Waals surface area contributed by atoms with Gasteiger partial charge in [-0.15, -0.1) is 10.2 Å². The Morgan fingerprint density at radius 1 is 1.15 bits per heavy atom. The first kappa shape index (κ1) is 16.8. The lowest BCUT2D eigenvalue weighted by atomic mass is 10.2. The van der Waals surface area contributed by atoms with E-state index in [-0.39, 0.29) is 5.78 Å². The lowest BCUT2D eigenvalue weighted by molar-refractivity contribution is -2.00. The van der Waals surface area contributed by atoms with E-state index < -0.39 is 10.2 Å². The molecule has 108 valence electrons. The van der Waals surface area contributed by atoms with E-state index in [0.717, 1.165) is 10.5 Å². The fourth-order valence-electron chi connectivity index (χ4n) is 1.36. The number of carbonyl (C=O) groups is 1. The Kier molecular flexibility index (Phi) is 6.34. The predicted octanol–water partition coefficient (Wildman–Crippen LogP) is -2.42. The average Bonchev–Trinajstić information content (AvgIpc) is 2.34. The second-order valence-electron chi connectivity index (χ2n) is 3.78. The molecular formula is C12H12ClNO5S. The summed E-state index contributed by atoms with van der Waals surface area (Å²) in [4.78, 5) is 14.1. The highest BCUT2D eigenvalue weighted by molar-refractivity contribution is 7.99. The van der Waals surface area contributed by atoms with Crippen LogP contribution < -0.4 is 23.6 Å². The molecule has 0 radical (unpaired) electrons. The summed E-state index contributed by atoms with van der Waals surface area (Å²) in [6, 6.07) is 12.2. The molecule has 0 amide bonds. The monoisotopic (exact) mass is 317 g/mol. The van der Waals surface area contributed by atoms with Gasteiger partial charge in [0.25, 0.3) is 0 Å². The first-order valence-electron chi connectivity index (χ1n) is 5.41. The molecule has 0 bridgehead atoms. The van der Waals surface area contributed by atoms with Gasteiger partial charge in [0.05, 0.1) is 5.75 Å². The first-order valence-corrected chi connectivity index (χ1v) is 7.63. The molecule has 2 rings (SSSR count). The number of pyridine rings is 1. The Morgan fingerprint density at radius 3 is 2.35 bits per heavy atom. The topological polar surface area (TPSA) is 123 Å². The predicted molar refractivity (Wildman–Crippen MR) is 61.9 cm³/mol. The normalized spacial score (nSPS) is 10.8. The van der Waals surface area contributed by atoms with Crippen molar-refractivity contribution >= 4 is 28.4 Å². The molecule has 1 N–H and O–H groups in total. The number of fused-ring (bicyclic) bond motifs is 1. The van der Waals surface area contributed by atoms with E-state index in [1.54, 1.807) is 6.92 Å². The summed E-state index contributed by atoms with van der Waals surface area (Å²) >= 11 is 1.54. The quantitative estimate of drug-likeness (QED) is 0.580. The number of hydrogen-bond acceptors (Lipinski definition) is 6. The summed E-state index contributed by atoms with van der Waals surface area (Å²) in [5.74, 6) is 0.719. The van der Waals surface area contributed by atoms with Crippen LogP contribution in [-0.4, -0.2) is 11.5 Å². The molecule has 0 spiro atoms. The zero-order valence-corrected chi connectivity index (χ0v) is 12.1. The number of aromatic amines is 1. The van der Waals surface area contributed by atoms with Gasteiger partial charge in [0.1, 0.15) is 5.78 Å². The molecule has 0 fully saturated rings. The van der Waals surface area contributed by atoms with Crippen molar-refractivity contribution in [1.29, 1.82) is 0 Å². The highest BCUT2D eigenvalue weighted by Gasteiger charge is 2.06. The van der Waals surface area contributed by atoms with Crippen LogP contribution in [0.25, 0.3) is 10.9 Å². The fourth-order valence-corrected chi connectivity index (χ4v) is 2.06. The Balaban J connectivity index is 0.000000347. The molecule has 1 heterocycles. The molecule has 0 atom stereocenters. The molecule has 1 aromatic carbocycles. The van der Waals surface area contributed by atoms with Gasteiger partial charge < -0.3 is 0 Å². The van der Waals surface area contributed by atoms with Crippen LogP contribution >= 0.6 is 11.8 Å². The molecule has 0 aliphatic carbocycles. The van der Waals surface area contributed by atoms with E-state index in [0.29, 0.717) is 5.75 Å². The number of halogens is 1. The maximum atomic E-state index is 10.8. The number of para-hydroxylation sites is 1. The highest BCUT2D eigenvalue weighted by atomic mass is 35.7. The van der Waals surface area contributed by atoms with Crippen molar-refractivity contribution < 1.29 is 38.7 Å². The number of Topliss-reactive ketones (excluding diaryl/α,β-unsaturated/α-hetero) is 1. The smallest absolute Gasteiger partial charge is 0.239 e. The van der Waals surface area contributed by atoms with Crippen LogP contribution in [0, 0.1) is 10.2 Å². The minimum atomic E-state index is -4.94. The van der Waals surface area contributed by atoms with Gasteiger partial charge in [-0.1, -0.05) is 12.1 Å². The van der Waals surface area contributed by atoms with Crippen molar-refractivity contribution in [3.05, 3.63) is 36.4 Å². The Labute approximate surface area is 121 Å². The van der Waals surface area contributed by atoms with E-state index in [1.165, 1.54) is 17.1 Å². The van der Waals surface area contributed by atoms with Gasteiger partial charge in [-0.2, -0.15) is 4.98 Å². The number of aromatic nitrogens is 1. The molecular weight excluding hydrogens is 306 g/mol. The molecule has 0 saturated heterocycles. The molecule has 0 aliphatic heterocycles. The summed E-state index contributed by atoms with van der Waals surface area (Å²) in [7, 11) is -4.94. The van der Waals surface area contributed by atoms with Gasteiger partial charge in [-0.25, -0.2) is 18.6 Å². The zero-order valence-electron chi connectivity index (χ0n) is 10.5. The number of thioether (sulfide) groups is 1. The number of hydrogen-bond donors (Lipinski definition) is 0. The summed E-state index contributed by atoms with van der Waals surface area (Å²) in [5.41, 5.74) is 1.10. The van der Waals surface area contributed by atoms with Gasteiger partial charge >= 0.3 is 0 Å². The summed E-state index contributed by atoms with van der Waals surface area (Å²) in [6.45, 7) is 1.61. The van der Waals surface area contributed by atoms with Gasteiger partial charge in [0, 0.05) is 17.5 Å². The number of carbonyl (C=O) groups excluding carboxylic acids is 1. The molecule has 0 unspecified atom stereocenters. The number of rotatable bonds is 3. The number of nitrogens with one attached hydrogen (secondary N) is 1. The van der Waals surface area contributed by atoms with Crippen molar-refractivity contribution in [2.24, 2.45) is 0 Å². The second kappa shape index (κ2) is 7.53. The van der Waals surface area contributed by atoms with E-state index >= 15 is 0 Å².